The average molecular weight is 644 g/mol. The minimum Gasteiger partial charge on any atom is -0.350 e. The van der Waals surface area contributed by atoms with Crippen molar-refractivity contribution < 1.29 is 9.47 Å². The Morgan fingerprint density at radius 2 is 1.09 bits per heavy atom. The zero-order valence-corrected chi connectivity index (χ0v) is 31.7. The molecular weight excluding hydrogens is 562 g/mol. The lowest BCUT2D eigenvalue weighted by molar-refractivity contribution is -0.250. The number of allylic oxidation sites excluding steroid dienone is 6. The highest BCUT2D eigenvalue weighted by Gasteiger charge is 2.33. The van der Waals surface area contributed by atoms with Gasteiger partial charge in [-0.3, -0.25) is 0 Å². The number of ether oxygens (including phenoxy) is 2. The zero-order valence-electron chi connectivity index (χ0n) is 31.7. The first-order valence-electron chi connectivity index (χ1n) is 20.6. The summed E-state index contributed by atoms with van der Waals surface area (Å²) < 4.78 is 12.9. The van der Waals surface area contributed by atoms with Crippen LogP contribution >= 0.6 is 0 Å². The van der Waals surface area contributed by atoms with Crippen LogP contribution in [0.3, 0.4) is 0 Å². The van der Waals surface area contributed by atoms with Crippen molar-refractivity contribution >= 4 is 0 Å². The van der Waals surface area contributed by atoms with Crippen molar-refractivity contribution in [1.29, 1.82) is 0 Å². The fourth-order valence-corrected chi connectivity index (χ4v) is 6.51. The molecule has 1 aliphatic heterocycles. The molecule has 0 saturated carbocycles. The van der Waals surface area contributed by atoms with E-state index in [1.54, 1.807) is 0 Å². The summed E-state index contributed by atoms with van der Waals surface area (Å²) in [5, 5.41) is 3.49. The van der Waals surface area contributed by atoms with Crippen molar-refractivity contribution in [3.8, 4) is 0 Å². The maximum Gasteiger partial charge on any atom is 0.170 e. The minimum atomic E-state index is -0.332. The molecule has 1 rings (SSSR count). The van der Waals surface area contributed by atoms with Crippen LogP contribution in [0.1, 0.15) is 201 Å². The second-order valence-corrected chi connectivity index (χ2v) is 14.5. The Bertz CT molecular complexity index is 720. The quantitative estimate of drug-likeness (QED) is 0.0438. The molecule has 0 aromatic heterocycles. The van der Waals surface area contributed by atoms with Crippen molar-refractivity contribution in [3.05, 3.63) is 36.0 Å². The lowest BCUT2D eigenvalue weighted by atomic mass is 9.97. The van der Waals surface area contributed by atoms with Crippen LogP contribution in [0.25, 0.3) is 0 Å². The van der Waals surface area contributed by atoms with E-state index in [1.165, 1.54) is 153 Å². The van der Waals surface area contributed by atoms with Gasteiger partial charge in [-0.2, -0.15) is 0 Å². The summed E-state index contributed by atoms with van der Waals surface area (Å²) in [4.78, 5) is 0. The van der Waals surface area contributed by atoms with Crippen LogP contribution in [0, 0.1) is 5.92 Å². The monoisotopic (exact) mass is 644 g/mol. The van der Waals surface area contributed by atoms with Gasteiger partial charge in [0.15, 0.2) is 5.79 Å². The number of hydrogen-bond acceptors (Lipinski definition) is 3. The number of hydrogen-bond donors (Lipinski definition) is 1. The molecule has 0 aliphatic carbocycles. The molecule has 0 amide bonds. The van der Waals surface area contributed by atoms with E-state index in [1.807, 2.05) is 0 Å². The highest BCUT2D eigenvalue weighted by atomic mass is 16.7. The standard InChI is InChI=1S/C43H81NO2/c1-5-7-9-11-14-20-26-32-42(4)34-28-22-16-18-24-30-40-46-43(35-37-44-38-36-43)45-39-29-23-17-13-15-21-27-33-41(3)31-25-19-12-10-8-6-2/h14,19-20,25,33,42,44H,5-13,15-18,21-24,26-32,34-40H2,1-4H3. The van der Waals surface area contributed by atoms with Crippen LogP contribution in [0.15, 0.2) is 36.0 Å². The maximum atomic E-state index is 6.46. The largest absolute Gasteiger partial charge is 0.350 e. The molecule has 0 aromatic carbocycles. The summed E-state index contributed by atoms with van der Waals surface area (Å²) in [6.07, 6.45) is 46.8. The Balaban J connectivity index is 2.01. The van der Waals surface area contributed by atoms with E-state index < -0.39 is 0 Å². The Labute approximate surface area is 289 Å². The van der Waals surface area contributed by atoms with E-state index in [0.29, 0.717) is 0 Å². The summed E-state index contributed by atoms with van der Waals surface area (Å²) in [6, 6.07) is 0. The predicted octanol–water partition coefficient (Wildman–Crippen LogP) is 13.6. The van der Waals surface area contributed by atoms with Crippen LogP contribution in [-0.2, 0) is 9.47 Å². The molecule has 46 heavy (non-hydrogen) atoms. The topological polar surface area (TPSA) is 30.5 Å². The first-order chi connectivity index (χ1) is 22.6. The smallest absolute Gasteiger partial charge is 0.170 e. The van der Waals surface area contributed by atoms with E-state index >= 15 is 0 Å². The second kappa shape index (κ2) is 32.6. The van der Waals surface area contributed by atoms with Crippen LogP contribution < -0.4 is 5.32 Å². The minimum absolute atomic E-state index is 0.332. The van der Waals surface area contributed by atoms with Gasteiger partial charge in [-0.05, 0) is 83.5 Å². The van der Waals surface area contributed by atoms with Crippen LogP contribution in [0.2, 0.25) is 0 Å². The van der Waals surface area contributed by atoms with Crippen molar-refractivity contribution in [2.75, 3.05) is 26.3 Å². The SMILES string of the molecule is CCCCCC=CCCC(C)CCCCCCCCOC1(OCCCCCCCCC=C(C)CC=CCCCCC)CCNCC1. The van der Waals surface area contributed by atoms with E-state index in [-0.39, 0.29) is 5.79 Å². The summed E-state index contributed by atoms with van der Waals surface area (Å²) in [7, 11) is 0. The fourth-order valence-electron chi connectivity index (χ4n) is 6.51. The van der Waals surface area contributed by atoms with E-state index in [2.05, 4.69) is 63.4 Å². The third-order valence-corrected chi connectivity index (χ3v) is 9.83. The summed E-state index contributed by atoms with van der Waals surface area (Å²) in [5.74, 6) is 0.537. The normalized spacial score (nSPS) is 16.2. The van der Waals surface area contributed by atoms with Crippen LogP contribution in [-0.4, -0.2) is 32.1 Å². The molecule has 1 aliphatic rings. The van der Waals surface area contributed by atoms with Crippen LogP contribution in [0.5, 0.6) is 0 Å². The highest BCUT2D eigenvalue weighted by Crippen LogP contribution is 2.26. The van der Waals surface area contributed by atoms with E-state index in [4.69, 9.17) is 9.47 Å². The molecular formula is C43H81NO2. The Kier molecular flexibility index (Phi) is 30.6. The molecule has 0 radical (unpaired) electrons. The first kappa shape index (κ1) is 43.1. The van der Waals surface area contributed by atoms with E-state index in [9.17, 15) is 0 Å². The molecule has 0 spiro atoms. The molecule has 0 aromatic rings. The Morgan fingerprint density at radius 3 is 1.70 bits per heavy atom. The molecule has 1 unspecified atom stereocenters. The van der Waals surface area contributed by atoms with Gasteiger partial charge in [-0.25, -0.2) is 0 Å². The molecule has 1 saturated heterocycles. The van der Waals surface area contributed by atoms with Gasteiger partial charge in [0.1, 0.15) is 0 Å². The van der Waals surface area contributed by atoms with Gasteiger partial charge >= 0.3 is 0 Å². The van der Waals surface area contributed by atoms with Gasteiger partial charge in [0.2, 0.25) is 0 Å². The number of unbranched alkanes of at least 4 members (excludes halogenated alkanes) is 17. The molecule has 1 N–H and O–H groups in total. The fraction of sp³-hybridized carbons (Fsp3) is 0.860. The van der Waals surface area contributed by atoms with Crippen molar-refractivity contribution in [2.45, 2.75) is 207 Å². The summed E-state index contributed by atoms with van der Waals surface area (Å²) in [5.41, 5.74) is 1.53. The molecule has 1 heterocycles. The third-order valence-electron chi connectivity index (χ3n) is 9.83. The Hall–Kier alpha value is -0.900. The molecule has 1 atom stereocenters. The third kappa shape index (κ3) is 27.1. The van der Waals surface area contributed by atoms with Gasteiger partial charge in [-0.1, -0.05) is 147 Å². The number of nitrogens with one attached hydrogen (secondary N) is 1. The van der Waals surface area contributed by atoms with Gasteiger partial charge < -0.3 is 14.8 Å². The number of rotatable bonds is 33. The van der Waals surface area contributed by atoms with Gasteiger partial charge in [0, 0.05) is 25.9 Å². The highest BCUT2D eigenvalue weighted by molar-refractivity contribution is 5.04. The number of piperidine rings is 1. The predicted molar refractivity (Wildman–Crippen MR) is 205 cm³/mol. The van der Waals surface area contributed by atoms with Gasteiger partial charge in [-0.15, -0.1) is 0 Å². The van der Waals surface area contributed by atoms with Crippen molar-refractivity contribution in [1.82, 2.24) is 5.32 Å². The summed E-state index contributed by atoms with van der Waals surface area (Å²) >= 11 is 0. The lowest BCUT2D eigenvalue weighted by Crippen LogP contribution is -2.46. The molecule has 1 fully saturated rings. The van der Waals surface area contributed by atoms with Gasteiger partial charge in [0.25, 0.3) is 0 Å². The van der Waals surface area contributed by atoms with Crippen molar-refractivity contribution in [2.24, 2.45) is 5.92 Å². The Morgan fingerprint density at radius 1 is 0.587 bits per heavy atom. The van der Waals surface area contributed by atoms with Crippen molar-refractivity contribution in [3.63, 3.8) is 0 Å². The summed E-state index contributed by atoms with van der Waals surface area (Å²) in [6.45, 7) is 13.0. The van der Waals surface area contributed by atoms with Crippen LogP contribution in [0.4, 0.5) is 0 Å². The molecule has 3 nitrogen and oxygen atoms in total. The molecule has 270 valence electrons. The second-order valence-electron chi connectivity index (χ2n) is 14.5. The first-order valence-corrected chi connectivity index (χ1v) is 20.6. The average Bonchev–Trinajstić information content (AvgIpc) is 3.06. The molecule has 0 bridgehead atoms. The maximum absolute atomic E-state index is 6.46. The van der Waals surface area contributed by atoms with Gasteiger partial charge in [0.05, 0.1) is 13.2 Å². The molecule has 3 heteroatoms. The lowest BCUT2D eigenvalue weighted by Gasteiger charge is -2.37. The zero-order chi connectivity index (χ0) is 33.2. The van der Waals surface area contributed by atoms with E-state index in [0.717, 1.165) is 57.9 Å².